The first-order valence-electron chi connectivity index (χ1n) is 6.43. The van der Waals surface area contributed by atoms with Gasteiger partial charge in [0.1, 0.15) is 6.04 Å². The van der Waals surface area contributed by atoms with E-state index in [2.05, 4.69) is 5.10 Å². The van der Waals surface area contributed by atoms with Crippen LogP contribution in [-0.4, -0.2) is 46.2 Å². The first-order chi connectivity index (χ1) is 9.12. The Kier molecular flexibility index (Phi) is 4.93. The van der Waals surface area contributed by atoms with Crippen molar-refractivity contribution in [2.75, 3.05) is 6.54 Å². The molecule has 114 valence electrons. The van der Waals surface area contributed by atoms with E-state index in [1.165, 1.54) is 17.7 Å². The summed E-state index contributed by atoms with van der Waals surface area (Å²) in [5, 5.41) is 13.2. The van der Waals surface area contributed by atoms with Crippen LogP contribution in [0.15, 0.2) is 11.1 Å². The number of carbonyl (C=O) groups is 1. The highest BCUT2D eigenvalue weighted by atomic mass is 32.2. The van der Waals surface area contributed by atoms with Crippen molar-refractivity contribution in [3.63, 3.8) is 0 Å². The number of nitrogens with zero attached hydrogens (tertiary/aromatic N) is 3. The Morgan fingerprint density at radius 1 is 1.45 bits per heavy atom. The minimum Gasteiger partial charge on any atom is -0.480 e. The largest absolute Gasteiger partial charge is 0.480 e. The van der Waals surface area contributed by atoms with Gasteiger partial charge in [0.2, 0.25) is 0 Å². The lowest BCUT2D eigenvalue weighted by atomic mass is 10.3. The van der Waals surface area contributed by atoms with Gasteiger partial charge in [0.15, 0.2) is 5.03 Å². The van der Waals surface area contributed by atoms with Crippen LogP contribution < -0.4 is 0 Å². The number of aryl methyl sites for hydroxylation is 1. The molecule has 0 aliphatic heterocycles. The van der Waals surface area contributed by atoms with Crippen LogP contribution in [0.1, 0.15) is 39.4 Å². The third-order valence-corrected chi connectivity index (χ3v) is 5.01. The monoisotopic (exact) mass is 303 g/mol. The summed E-state index contributed by atoms with van der Waals surface area (Å²) in [4.78, 5) is 11.1. The molecule has 20 heavy (non-hydrogen) atoms. The molecule has 0 radical (unpaired) electrons. The molecule has 1 unspecified atom stereocenters. The Labute approximate surface area is 119 Å². The lowest BCUT2D eigenvalue weighted by Crippen LogP contribution is -2.43. The predicted molar refractivity (Wildman–Crippen MR) is 74.0 cm³/mol. The topological polar surface area (TPSA) is 92.5 Å². The molecule has 0 saturated carbocycles. The molecule has 1 N–H and O–H groups in total. The van der Waals surface area contributed by atoms with Crippen molar-refractivity contribution in [2.45, 2.75) is 51.7 Å². The number of hydrogen-bond donors (Lipinski definition) is 1. The summed E-state index contributed by atoms with van der Waals surface area (Å²) in [7, 11) is -3.90. The molecule has 0 spiro atoms. The van der Waals surface area contributed by atoms with E-state index in [1.807, 2.05) is 13.8 Å². The van der Waals surface area contributed by atoms with E-state index in [-0.39, 0.29) is 17.6 Å². The highest BCUT2D eigenvalue weighted by molar-refractivity contribution is 7.89. The van der Waals surface area contributed by atoms with Gasteiger partial charge >= 0.3 is 5.97 Å². The zero-order valence-corrected chi connectivity index (χ0v) is 13.2. The van der Waals surface area contributed by atoms with E-state index in [9.17, 15) is 13.2 Å². The summed E-state index contributed by atoms with van der Waals surface area (Å²) < 4.78 is 27.7. The first-order valence-corrected chi connectivity index (χ1v) is 7.87. The van der Waals surface area contributed by atoms with Crippen LogP contribution in [0.5, 0.6) is 0 Å². The first kappa shape index (κ1) is 16.6. The van der Waals surface area contributed by atoms with E-state index >= 15 is 0 Å². The molecular weight excluding hydrogens is 282 g/mol. The molecule has 0 aromatic carbocycles. The van der Waals surface area contributed by atoms with Crippen molar-refractivity contribution < 1.29 is 18.3 Å². The number of rotatable bonds is 6. The van der Waals surface area contributed by atoms with E-state index in [0.29, 0.717) is 5.69 Å². The maximum atomic E-state index is 12.6. The van der Waals surface area contributed by atoms with Gasteiger partial charge in [0, 0.05) is 12.6 Å². The second-order valence-electron chi connectivity index (χ2n) is 4.88. The third kappa shape index (κ3) is 3.01. The summed E-state index contributed by atoms with van der Waals surface area (Å²) in [6.07, 6.45) is 0. The Morgan fingerprint density at radius 2 is 2.00 bits per heavy atom. The maximum Gasteiger partial charge on any atom is 0.321 e. The van der Waals surface area contributed by atoms with Crippen LogP contribution in [0.25, 0.3) is 0 Å². The SMILES string of the molecule is CCN(C(C)C(=O)O)S(=O)(=O)c1cc(C)nn1C(C)C. The van der Waals surface area contributed by atoms with Crippen molar-refractivity contribution >= 4 is 16.0 Å². The van der Waals surface area contributed by atoms with Crippen LogP contribution >= 0.6 is 0 Å². The van der Waals surface area contributed by atoms with Gasteiger partial charge in [-0.15, -0.1) is 0 Å². The summed E-state index contributed by atoms with van der Waals surface area (Å²) >= 11 is 0. The zero-order chi connectivity index (χ0) is 15.7. The van der Waals surface area contributed by atoms with Crippen LogP contribution in [0.2, 0.25) is 0 Å². The Balaban J connectivity index is 3.38. The van der Waals surface area contributed by atoms with Crippen LogP contribution in [0.3, 0.4) is 0 Å². The third-order valence-electron chi connectivity index (χ3n) is 2.99. The average molecular weight is 303 g/mol. The summed E-state index contributed by atoms with van der Waals surface area (Å²) in [5.41, 5.74) is 0.580. The molecule has 0 amide bonds. The van der Waals surface area contributed by atoms with E-state index < -0.39 is 22.0 Å². The van der Waals surface area contributed by atoms with E-state index in [0.717, 1.165) is 4.31 Å². The van der Waals surface area contributed by atoms with Gasteiger partial charge in [-0.25, -0.2) is 8.42 Å². The fraction of sp³-hybridized carbons (Fsp3) is 0.667. The molecule has 0 bridgehead atoms. The van der Waals surface area contributed by atoms with Crippen LogP contribution in [-0.2, 0) is 14.8 Å². The average Bonchev–Trinajstić information content (AvgIpc) is 2.72. The standard InChI is InChI=1S/C12H21N3O4S/c1-6-14(10(5)12(16)17)20(18,19)11-7-9(4)13-15(11)8(2)3/h7-8,10H,6H2,1-5H3,(H,16,17). The summed E-state index contributed by atoms with van der Waals surface area (Å²) in [6.45, 7) is 8.39. The molecule has 0 aliphatic rings. The number of hydrogen-bond acceptors (Lipinski definition) is 4. The molecule has 8 heteroatoms. The van der Waals surface area contributed by atoms with Crippen LogP contribution in [0.4, 0.5) is 0 Å². The van der Waals surface area contributed by atoms with Gasteiger partial charge in [-0.1, -0.05) is 6.92 Å². The maximum absolute atomic E-state index is 12.6. The lowest BCUT2D eigenvalue weighted by molar-refractivity contribution is -0.140. The van der Waals surface area contributed by atoms with E-state index in [4.69, 9.17) is 5.11 Å². The number of carboxylic acids is 1. The van der Waals surface area contributed by atoms with Gasteiger partial charge in [0.05, 0.1) is 5.69 Å². The van der Waals surface area contributed by atoms with Gasteiger partial charge in [-0.2, -0.15) is 9.40 Å². The molecular formula is C12H21N3O4S. The number of likely N-dealkylation sites (N-methyl/N-ethyl adjacent to an activating group) is 1. The number of aliphatic carboxylic acids is 1. The normalized spacial score (nSPS) is 13.9. The van der Waals surface area contributed by atoms with Gasteiger partial charge < -0.3 is 5.11 Å². The summed E-state index contributed by atoms with van der Waals surface area (Å²) in [5.74, 6) is -1.18. The van der Waals surface area contributed by atoms with E-state index in [1.54, 1.807) is 13.8 Å². The van der Waals surface area contributed by atoms with Crippen molar-refractivity contribution in [2.24, 2.45) is 0 Å². The van der Waals surface area contributed by atoms with Crippen molar-refractivity contribution in [3.8, 4) is 0 Å². The second kappa shape index (κ2) is 5.92. The Hall–Kier alpha value is -1.41. The Bertz CT molecular complexity index is 592. The van der Waals surface area contributed by atoms with Gasteiger partial charge in [-0.05, 0) is 33.8 Å². The fourth-order valence-electron chi connectivity index (χ4n) is 1.95. The molecule has 0 fully saturated rings. The number of carboxylic acid groups (broad SMARTS) is 1. The zero-order valence-electron chi connectivity index (χ0n) is 12.4. The number of aromatic nitrogens is 2. The van der Waals surface area contributed by atoms with Crippen molar-refractivity contribution in [1.29, 1.82) is 0 Å². The molecule has 1 atom stereocenters. The lowest BCUT2D eigenvalue weighted by Gasteiger charge is -2.24. The van der Waals surface area contributed by atoms with Crippen LogP contribution in [0, 0.1) is 6.92 Å². The highest BCUT2D eigenvalue weighted by Gasteiger charge is 2.34. The number of sulfonamides is 1. The van der Waals surface area contributed by atoms with Gasteiger partial charge in [0.25, 0.3) is 10.0 Å². The summed E-state index contributed by atoms with van der Waals surface area (Å²) in [6, 6.07) is 0.208. The molecule has 1 aromatic rings. The smallest absolute Gasteiger partial charge is 0.321 e. The minimum absolute atomic E-state index is 0.0277. The molecule has 1 aromatic heterocycles. The quantitative estimate of drug-likeness (QED) is 0.854. The van der Waals surface area contributed by atoms with Gasteiger partial charge in [-0.3, -0.25) is 9.48 Å². The fourth-order valence-corrected chi connectivity index (χ4v) is 3.85. The second-order valence-corrected chi connectivity index (χ2v) is 6.72. The molecule has 0 aliphatic carbocycles. The molecule has 1 rings (SSSR count). The predicted octanol–water partition coefficient (Wildman–Crippen LogP) is 1.26. The molecule has 0 saturated heterocycles. The minimum atomic E-state index is -3.90. The highest BCUT2D eigenvalue weighted by Crippen LogP contribution is 2.22. The molecule has 7 nitrogen and oxygen atoms in total. The Morgan fingerprint density at radius 3 is 2.40 bits per heavy atom. The van der Waals surface area contributed by atoms with Crippen molar-refractivity contribution in [3.05, 3.63) is 11.8 Å². The van der Waals surface area contributed by atoms with Crippen molar-refractivity contribution in [1.82, 2.24) is 14.1 Å². The molecule has 1 heterocycles.